The van der Waals surface area contributed by atoms with E-state index in [-0.39, 0.29) is 18.6 Å². The zero-order valence-corrected chi connectivity index (χ0v) is 17.4. The quantitative estimate of drug-likeness (QED) is 0.741. The van der Waals surface area contributed by atoms with E-state index in [4.69, 9.17) is 14.2 Å². The van der Waals surface area contributed by atoms with Crippen LogP contribution in [0.1, 0.15) is 22.7 Å². The molecule has 1 N–H and O–H groups in total. The summed E-state index contributed by atoms with van der Waals surface area (Å²) in [6.07, 6.45) is 0. The van der Waals surface area contributed by atoms with Gasteiger partial charge in [0.15, 0.2) is 6.61 Å². The highest BCUT2D eigenvalue weighted by Gasteiger charge is 2.23. The van der Waals surface area contributed by atoms with E-state index in [1.165, 1.54) is 0 Å². The molecule has 156 valence electrons. The van der Waals surface area contributed by atoms with Gasteiger partial charge in [-0.15, -0.1) is 0 Å². The van der Waals surface area contributed by atoms with Crippen molar-refractivity contribution in [1.29, 1.82) is 0 Å². The molecule has 0 saturated carbocycles. The number of aryl methyl sites for hydroxylation is 2. The van der Waals surface area contributed by atoms with Crippen LogP contribution in [-0.2, 0) is 9.53 Å². The van der Waals surface area contributed by atoms with E-state index >= 15 is 0 Å². The molecule has 1 aliphatic heterocycles. The first-order valence-corrected chi connectivity index (χ1v) is 9.99. The second kappa shape index (κ2) is 10.3. The summed E-state index contributed by atoms with van der Waals surface area (Å²) in [5.74, 6) is 1.44. The molecular weight excluding hydrogens is 368 g/mol. The van der Waals surface area contributed by atoms with Crippen molar-refractivity contribution in [2.75, 3.05) is 46.6 Å². The van der Waals surface area contributed by atoms with Crippen LogP contribution < -0.4 is 14.8 Å². The van der Waals surface area contributed by atoms with E-state index < -0.39 is 0 Å². The van der Waals surface area contributed by atoms with E-state index in [0.717, 1.165) is 41.3 Å². The first kappa shape index (κ1) is 21.1. The Bertz CT molecular complexity index is 801. The van der Waals surface area contributed by atoms with Crippen molar-refractivity contribution in [3.63, 3.8) is 0 Å². The smallest absolute Gasteiger partial charge is 0.258 e. The van der Waals surface area contributed by atoms with Gasteiger partial charge in [0.25, 0.3) is 5.91 Å². The Morgan fingerprint density at radius 2 is 1.86 bits per heavy atom. The number of hydrogen-bond donors (Lipinski definition) is 1. The predicted molar refractivity (Wildman–Crippen MR) is 113 cm³/mol. The first-order valence-electron chi connectivity index (χ1n) is 9.99. The van der Waals surface area contributed by atoms with Crippen LogP contribution in [0.3, 0.4) is 0 Å². The third-order valence-corrected chi connectivity index (χ3v) is 5.18. The third-order valence-electron chi connectivity index (χ3n) is 5.18. The standard InChI is InChI=1S/C23H30N2O4/c1-17-4-5-18(2)22(14-17)29-16-23(26)24-15-21(25-10-12-28-13-11-25)19-6-8-20(27-3)9-7-19/h4-9,14,21H,10-13,15-16H2,1-3H3,(H,24,26)/t21-/m1/s1. The number of nitrogens with one attached hydrogen (secondary N) is 1. The molecule has 6 heteroatoms. The normalized spacial score (nSPS) is 15.6. The number of methoxy groups -OCH3 is 1. The molecule has 1 heterocycles. The lowest BCUT2D eigenvalue weighted by atomic mass is 10.0. The predicted octanol–water partition coefficient (Wildman–Crippen LogP) is 2.88. The van der Waals surface area contributed by atoms with Crippen LogP contribution in [-0.4, -0.2) is 57.4 Å². The van der Waals surface area contributed by atoms with Crippen LogP contribution in [0.4, 0.5) is 0 Å². The van der Waals surface area contributed by atoms with Crippen LogP contribution in [0.2, 0.25) is 0 Å². The van der Waals surface area contributed by atoms with Crippen molar-refractivity contribution < 1.29 is 19.0 Å². The summed E-state index contributed by atoms with van der Waals surface area (Å²) in [4.78, 5) is 14.8. The summed E-state index contributed by atoms with van der Waals surface area (Å²) in [5, 5.41) is 3.03. The molecular formula is C23H30N2O4. The molecule has 1 amide bonds. The molecule has 2 aromatic rings. The second-order valence-electron chi connectivity index (χ2n) is 7.30. The summed E-state index contributed by atoms with van der Waals surface area (Å²) in [6.45, 7) is 7.59. The highest BCUT2D eigenvalue weighted by Crippen LogP contribution is 2.24. The fraction of sp³-hybridized carbons (Fsp3) is 0.435. The maximum atomic E-state index is 12.4. The lowest BCUT2D eigenvalue weighted by Gasteiger charge is -2.35. The molecule has 0 aromatic heterocycles. The average Bonchev–Trinajstić information content (AvgIpc) is 2.75. The Labute approximate surface area is 172 Å². The molecule has 0 spiro atoms. The fourth-order valence-corrected chi connectivity index (χ4v) is 3.44. The monoisotopic (exact) mass is 398 g/mol. The lowest BCUT2D eigenvalue weighted by Crippen LogP contribution is -2.44. The molecule has 0 bridgehead atoms. The largest absolute Gasteiger partial charge is 0.497 e. The van der Waals surface area contributed by atoms with Gasteiger partial charge < -0.3 is 19.5 Å². The minimum absolute atomic E-state index is 0.00272. The lowest BCUT2D eigenvalue weighted by molar-refractivity contribution is -0.123. The number of amides is 1. The Morgan fingerprint density at radius 3 is 2.55 bits per heavy atom. The van der Waals surface area contributed by atoms with Gasteiger partial charge >= 0.3 is 0 Å². The summed E-state index contributed by atoms with van der Waals surface area (Å²) in [5.41, 5.74) is 3.27. The van der Waals surface area contributed by atoms with Crippen molar-refractivity contribution >= 4 is 5.91 Å². The van der Waals surface area contributed by atoms with Gasteiger partial charge in [-0.05, 0) is 48.7 Å². The number of carbonyl (C=O) groups excluding carboxylic acids is 1. The van der Waals surface area contributed by atoms with Crippen molar-refractivity contribution in [3.8, 4) is 11.5 Å². The number of carbonyl (C=O) groups is 1. The molecule has 1 saturated heterocycles. The van der Waals surface area contributed by atoms with Crippen molar-refractivity contribution in [3.05, 3.63) is 59.2 Å². The number of hydrogen-bond acceptors (Lipinski definition) is 5. The van der Waals surface area contributed by atoms with E-state index in [1.807, 2.05) is 44.2 Å². The molecule has 2 aromatic carbocycles. The fourth-order valence-electron chi connectivity index (χ4n) is 3.44. The molecule has 1 aliphatic rings. The first-order chi connectivity index (χ1) is 14.1. The van der Waals surface area contributed by atoms with Gasteiger partial charge in [0, 0.05) is 19.6 Å². The van der Waals surface area contributed by atoms with E-state index in [1.54, 1.807) is 7.11 Å². The van der Waals surface area contributed by atoms with Gasteiger partial charge in [-0.2, -0.15) is 0 Å². The van der Waals surface area contributed by atoms with Gasteiger partial charge in [-0.3, -0.25) is 9.69 Å². The van der Waals surface area contributed by atoms with Crippen LogP contribution in [0.25, 0.3) is 0 Å². The second-order valence-corrected chi connectivity index (χ2v) is 7.30. The average molecular weight is 399 g/mol. The summed E-state index contributed by atoms with van der Waals surface area (Å²) < 4.78 is 16.5. The number of benzene rings is 2. The number of nitrogens with zero attached hydrogens (tertiary/aromatic N) is 1. The maximum absolute atomic E-state index is 12.4. The minimum Gasteiger partial charge on any atom is -0.497 e. The van der Waals surface area contributed by atoms with Gasteiger partial charge in [-0.25, -0.2) is 0 Å². The zero-order valence-electron chi connectivity index (χ0n) is 17.4. The molecule has 1 atom stereocenters. The zero-order chi connectivity index (χ0) is 20.6. The molecule has 0 unspecified atom stereocenters. The number of morpholine rings is 1. The van der Waals surface area contributed by atoms with Gasteiger partial charge in [0.05, 0.1) is 26.4 Å². The van der Waals surface area contributed by atoms with Crippen molar-refractivity contribution in [1.82, 2.24) is 10.2 Å². The highest BCUT2D eigenvalue weighted by molar-refractivity contribution is 5.77. The number of ether oxygens (including phenoxy) is 3. The Kier molecular flexibility index (Phi) is 7.49. The molecule has 0 radical (unpaired) electrons. The van der Waals surface area contributed by atoms with E-state index in [0.29, 0.717) is 19.8 Å². The number of rotatable bonds is 8. The molecule has 6 nitrogen and oxygen atoms in total. The Balaban J connectivity index is 1.61. The SMILES string of the molecule is COc1ccc([C@@H](CNC(=O)COc2cc(C)ccc2C)N2CCOCC2)cc1. The van der Waals surface area contributed by atoms with Gasteiger partial charge in [0.2, 0.25) is 0 Å². The van der Waals surface area contributed by atoms with Crippen molar-refractivity contribution in [2.45, 2.75) is 19.9 Å². The molecule has 29 heavy (non-hydrogen) atoms. The van der Waals surface area contributed by atoms with Crippen LogP contribution >= 0.6 is 0 Å². The van der Waals surface area contributed by atoms with Crippen molar-refractivity contribution in [2.24, 2.45) is 0 Å². The van der Waals surface area contributed by atoms with Gasteiger partial charge in [-0.1, -0.05) is 24.3 Å². The third kappa shape index (κ3) is 5.95. The minimum atomic E-state index is -0.127. The topological polar surface area (TPSA) is 60.0 Å². The molecule has 1 fully saturated rings. The maximum Gasteiger partial charge on any atom is 0.258 e. The Hall–Kier alpha value is -2.57. The highest BCUT2D eigenvalue weighted by atomic mass is 16.5. The van der Waals surface area contributed by atoms with E-state index in [2.05, 4.69) is 22.3 Å². The van der Waals surface area contributed by atoms with Crippen LogP contribution in [0.5, 0.6) is 11.5 Å². The molecule has 3 rings (SSSR count). The molecule has 0 aliphatic carbocycles. The van der Waals surface area contributed by atoms with E-state index in [9.17, 15) is 4.79 Å². The Morgan fingerprint density at radius 1 is 1.14 bits per heavy atom. The summed E-state index contributed by atoms with van der Waals surface area (Å²) in [7, 11) is 1.66. The summed E-state index contributed by atoms with van der Waals surface area (Å²) >= 11 is 0. The van der Waals surface area contributed by atoms with Crippen LogP contribution in [0.15, 0.2) is 42.5 Å². The van der Waals surface area contributed by atoms with Gasteiger partial charge in [0.1, 0.15) is 11.5 Å². The summed E-state index contributed by atoms with van der Waals surface area (Å²) in [6, 6.07) is 14.1. The van der Waals surface area contributed by atoms with Crippen LogP contribution in [0, 0.1) is 13.8 Å².